The van der Waals surface area contributed by atoms with Gasteiger partial charge in [0.1, 0.15) is 11.5 Å². The highest BCUT2D eigenvalue weighted by molar-refractivity contribution is 6.02. The highest BCUT2D eigenvalue weighted by Crippen LogP contribution is 2.25. The van der Waals surface area contributed by atoms with Gasteiger partial charge < -0.3 is 9.84 Å². The number of phenolic OH excluding ortho intramolecular Hbond substituents is 1. The SMILES string of the molecule is C[C@H](Oc1ccccc1)C(=O)N/N=C\c1c(O)ccc2ccccc12. The predicted octanol–water partition coefficient (Wildman–Crippen LogP) is 3.46. The number of amides is 1. The topological polar surface area (TPSA) is 70.9 Å². The zero-order valence-corrected chi connectivity index (χ0v) is 13.7. The average molecular weight is 334 g/mol. The third-order valence-electron chi connectivity index (χ3n) is 3.74. The first kappa shape index (κ1) is 16.5. The first-order valence-electron chi connectivity index (χ1n) is 7.90. The number of hydrogen-bond acceptors (Lipinski definition) is 4. The van der Waals surface area contributed by atoms with Crippen LogP contribution in [0.3, 0.4) is 0 Å². The molecule has 126 valence electrons. The van der Waals surface area contributed by atoms with E-state index >= 15 is 0 Å². The van der Waals surface area contributed by atoms with Crippen LogP contribution in [0.25, 0.3) is 10.8 Å². The molecule has 0 radical (unpaired) electrons. The van der Waals surface area contributed by atoms with Gasteiger partial charge in [-0.25, -0.2) is 5.43 Å². The summed E-state index contributed by atoms with van der Waals surface area (Å²) in [5.74, 6) is 0.339. The molecule has 0 saturated carbocycles. The molecule has 3 aromatic rings. The Hall–Kier alpha value is -3.34. The average Bonchev–Trinajstić information content (AvgIpc) is 2.64. The summed E-state index contributed by atoms with van der Waals surface area (Å²) in [6.07, 6.45) is 0.741. The van der Waals surface area contributed by atoms with E-state index in [4.69, 9.17) is 4.74 Å². The molecule has 1 atom stereocenters. The van der Waals surface area contributed by atoms with Crippen molar-refractivity contribution in [1.29, 1.82) is 0 Å². The van der Waals surface area contributed by atoms with Crippen LogP contribution < -0.4 is 10.2 Å². The van der Waals surface area contributed by atoms with Crippen molar-refractivity contribution in [2.24, 2.45) is 5.10 Å². The Morgan fingerprint density at radius 1 is 1.08 bits per heavy atom. The number of ether oxygens (including phenoxy) is 1. The summed E-state index contributed by atoms with van der Waals surface area (Å²) in [6, 6.07) is 20.2. The van der Waals surface area contributed by atoms with Gasteiger partial charge in [-0.15, -0.1) is 0 Å². The van der Waals surface area contributed by atoms with Crippen LogP contribution in [0.2, 0.25) is 0 Å². The second-order valence-electron chi connectivity index (χ2n) is 5.53. The Labute approximate surface area is 145 Å². The van der Waals surface area contributed by atoms with Crippen LogP contribution in [0.5, 0.6) is 11.5 Å². The van der Waals surface area contributed by atoms with Gasteiger partial charge in [-0.3, -0.25) is 4.79 Å². The lowest BCUT2D eigenvalue weighted by Gasteiger charge is -2.12. The van der Waals surface area contributed by atoms with Crippen molar-refractivity contribution >= 4 is 22.9 Å². The van der Waals surface area contributed by atoms with Crippen molar-refractivity contribution in [3.63, 3.8) is 0 Å². The third kappa shape index (κ3) is 3.95. The van der Waals surface area contributed by atoms with Crippen LogP contribution in [0.15, 0.2) is 71.8 Å². The maximum atomic E-state index is 12.1. The minimum absolute atomic E-state index is 0.102. The Morgan fingerprint density at radius 2 is 1.80 bits per heavy atom. The molecule has 25 heavy (non-hydrogen) atoms. The quantitative estimate of drug-likeness (QED) is 0.554. The fourth-order valence-electron chi connectivity index (χ4n) is 2.43. The number of aromatic hydroxyl groups is 1. The number of hydrazone groups is 1. The van der Waals surface area contributed by atoms with E-state index in [1.807, 2.05) is 48.5 Å². The van der Waals surface area contributed by atoms with Crippen molar-refractivity contribution in [3.05, 3.63) is 72.3 Å². The second kappa shape index (κ2) is 7.49. The molecule has 2 N–H and O–H groups in total. The van der Waals surface area contributed by atoms with Crippen LogP contribution >= 0.6 is 0 Å². The van der Waals surface area contributed by atoms with Crippen LogP contribution in [-0.4, -0.2) is 23.3 Å². The predicted molar refractivity (Wildman–Crippen MR) is 97.9 cm³/mol. The highest BCUT2D eigenvalue weighted by Gasteiger charge is 2.13. The molecule has 1 amide bonds. The smallest absolute Gasteiger partial charge is 0.280 e. The largest absolute Gasteiger partial charge is 0.507 e. The van der Waals surface area contributed by atoms with Gasteiger partial charge >= 0.3 is 0 Å². The van der Waals surface area contributed by atoms with Crippen molar-refractivity contribution in [2.45, 2.75) is 13.0 Å². The van der Waals surface area contributed by atoms with Crippen molar-refractivity contribution in [3.8, 4) is 11.5 Å². The van der Waals surface area contributed by atoms with Crippen LogP contribution in [-0.2, 0) is 4.79 Å². The minimum Gasteiger partial charge on any atom is -0.507 e. The van der Waals surface area contributed by atoms with Crippen LogP contribution in [0.1, 0.15) is 12.5 Å². The summed E-state index contributed by atoms with van der Waals surface area (Å²) >= 11 is 0. The minimum atomic E-state index is -0.694. The summed E-state index contributed by atoms with van der Waals surface area (Å²) in [4.78, 5) is 12.1. The first-order chi connectivity index (χ1) is 12.1. The normalized spacial score (nSPS) is 12.2. The molecule has 0 spiro atoms. The molecule has 0 saturated heterocycles. The third-order valence-corrected chi connectivity index (χ3v) is 3.74. The van der Waals surface area contributed by atoms with Gasteiger partial charge in [0.05, 0.1) is 6.21 Å². The standard InChI is InChI=1S/C20H18N2O3/c1-14(25-16-8-3-2-4-9-16)20(24)22-21-13-18-17-10-6-5-7-15(17)11-12-19(18)23/h2-14,23H,1H3,(H,22,24)/b21-13-/t14-/m0/s1. The summed E-state index contributed by atoms with van der Waals surface area (Å²) < 4.78 is 5.54. The van der Waals surface area contributed by atoms with E-state index in [0.717, 1.165) is 10.8 Å². The van der Waals surface area contributed by atoms with Gasteiger partial charge in [-0.2, -0.15) is 5.10 Å². The zero-order valence-electron chi connectivity index (χ0n) is 13.7. The molecule has 0 aliphatic heterocycles. The Morgan fingerprint density at radius 3 is 2.60 bits per heavy atom. The Bertz CT molecular complexity index is 907. The Kier molecular flexibility index (Phi) is 4.95. The molecule has 0 heterocycles. The van der Waals surface area contributed by atoms with E-state index in [-0.39, 0.29) is 11.7 Å². The molecule has 3 aromatic carbocycles. The highest BCUT2D eigenvalue weighted by atomic mass is 16.5. The lowest BCUT2D eigenvalue weighted by atomic mass is 10.0. The van der Waals surface area contributed by atoms with Gasteiger partial charge in [0.15, 0.2) is 6.10 Å². The molecule has 0 aromatic heterocycles. The fourth-order valence-corrected chi connectivity index (χ4v) is 2.43. The van der Waals surface area contributed by atoms with Gasteiger partial charge in [0, 0.05) is 5.56 Å². The van der Waals surface area contributed by atoms with Crippen molar-refractivity contribution < 1.29 is 14.6 Å². The molecule has 0 unspecified atom stereocenters. The molecule has 0 bridgehead atoms. The van der Waals surface area contributed by atoms with E-state index in [2.05, 4.69) is 10.5 Å². The molecule has 5 heteroatoms. The number of para-hydroxylation sites is 1. The summed E-state index contributed by atoms with van der Waals surface area (Å²) in [5, 5.41) is 15.8. The zero-order chi connectivity index (χ0) is 17.6. The second-order valence-corrected chi connectivity index (χ2v) is 5.53. The molecular weight excluding hydrogens is 316 g/mol. The summed E-state index contributed by atoms with van der Waals surface area (Å²) in [7, 11) is 0. The number of benzene rings is 3. The van der Waals surface area contributed by atoms with Gasteiger partial charge in [0.2, 0.25) is 0 Å². The van der Waals surface area contributed by atoms with Gasteiger partial charge in [0.25, 0.3) is 5.91 Å². The lowest BCUT2D eigenvalue weighted by Crippen LogP contribution is -2.33. The molecule has 0 fully saturated rings. The maximum Gasteiger partial charge on any atom is 0.280 e. The number of hydrogen-bond donors (Lipinski definition) is 2. The number of nitrogens with zero attached hydrogens (tertiary/aromatic N) is 1. The van der Waals surface area contributed by atoms with Gasteiger partial charge in [-0.05, 0) is 35.9 Å². The van der Waals surface area contributed by atoms with E-state index in [0.29, 0.717) is 11.3 Å². The number of nitrogens with one attached hydrogen (secondary N) is 1. The van der Waals surface area contributed by atoms with E-state index in [1.165, 1.54) is 6.21 Å². The number of carbonyl (C=O) groups is 1. The molecule has 5 nitrogen and oxygen atoms in total. The number of phenols is 1. The molecular formula is C20H18N2O3. The molecule has 3 rings (SSSR count). The first-order valence-corrected chi connectivity index (χ1v) is 7.90. The van der Waals surface area contributed by atoms with E-state index in [1.54, 1.807) is 25.1 Å². The fraction of sp³-hybridized carbons (Fsp3) is 0.100. The summed E-state index contributed by atoms with van der Waals surface area (Å²) in [6.45, 7) is 1.65. The van der Waals surface area contributed by atoms with Crippen molar-refractivity contribution in [1.82, 2.24) is 5.43 Å². The van der Waals surface area contributed by atoms with E-state index < -0.39 is 6.10 Å². The molecule has 0 aliphatic rings. The molecule has 0 aliphatic carbocycles. The monoisotopic (exact) mass is 334 g/mol. The Balaban J connectivity index is 1.69. The van der Waals surface area contributed by atoms with Crippen molar-refractivity contribution in [2.75, 3.05) is 0 Å². The number of fused-ring (bicyclic) bond motifs is 1. The summed E-state index contributed by atoms with van der Waals surface area (Å²) in [5.41, 5.74) is 2.99. The van der Waals surface area contributed by atoms with E-state index in [9.17, 15) is 9.90 Å². The lowest BCUT2D eigenvalue weighted by molar-refractivity contribution is -0.127. The van der Waals surface area contributed by atoms with Gasteiger partial charge in [-0.1, -0.05) is 48.5 Å². The number of carbonyl (C=O) groups excluding carboxylic acids is 1. The maximum absolute atomic E-state index is 12.1. The number of rotatable bonds is 5. The van der Waals surface area contributed by atoms with Crippen LogP contribution in [0, 0.1) is 0 Å². The van der Waals surface area contributed by atoms with Crippen LogP contribution in [0.4, 0.5) is 0 Å².